The fraction of sp³-hybridized carbons (Fsp3) is 0.571. The summed E-state index contributed by atoms with van der Waals surface area (Å²) in [4.78, 5) is 2.45. The largest absolute Gasteiger partial charge is 0.493 e. The van der Waals surface area contributed by atoms with Crippen LogP contribution in [-0.2, 0) is 0 Å². The summed E-state index contributed by atoms with van der Waals surface area (Å²) in [6.07, 6.45) is 0. The number of hydrogen-bond donors (Lipinski definition) is 1. The van der Waals surface area contributed by atoms with E-state index in [9.17, 15) is 0 Å². The Morgan fingerprint density at radius 2 is 2.05 bits per heavy atom. The molecule has 0 aliphatic carbocycles. The summed E-state index contributed by atoms with van der Waals surface area (Å²) in [7, 11) is 1.67. The number of halogens is 1. The van der Waals surface area contributed by atoms with Crippen LogP contribution in [0.15, 0.2) is 24.3 Å². The van der Waals surface area contributed by atoms with Gasteiger partial charge in [-0.15, -0.1) is 12.4 Å². The van der Waals surface area contributed by atoms with E-state index < -0.39 is 0 Å². The average molecular weight is 287 g/mol. The summed E-state index contributed by atoms with van der Waals surface area (Å²) in [5.41, 5.74) is 0. The second-order valence-corrected chi connectivity index (χ2v) is 4.59. The number of para-hydroxylation sites is 2. The van der Waals surface area contributed by atoms with Gasteiger partial charge in [-0.1, -0.05) is 12.1 Å². The minimum Gasteiger partial charge on any atom is -0.493 e. The summed E-state index contributed by atoms with van der Waals surface area (Å²) in [6, 6.07) is 8.36. The molecule has 19 heavy (non-hydrogen) atoms. The Hall–Kier alpha value is -0.970. The molecule has 1 aliphatic rings. The minimum atomic E-state index is 0. The Morgan fingerprint density at radius 1 is 1.32 bits per heavy atom. The molecule has 0 saturated carbocycles. The van der Waals surface area contributed by atoms with E-state index >= 15 is 0 Å². The molecule has 0 amide bonds. The van der Waals surface area contributed by atoms with E-state index in [0.29, 0.717) is 12.6 Å². The fourth-order valence-corrected chi connectivity index (χ4v) is 2.23. The zero-order chi connectivity index (χ0) is 12.8. The Morgan fingerprint density at radius 3 is 2.74 bits per heavy atom. The first-order chi connectivity index (χ1) is 8.81. The zero-order valence-electron chi connectivity index (χ0n) is 11.6. The SMILES string of the molecule is COc1ccccc1OCCN1CCNCC1C.Cl. The summed E-state index contributed by atoms with van der Waals surface area (Å²) in [6.45, 7) is 7.13. The smallest absolute Gasteiger partial charge is 0.161 e. The Kier molecular flexibility index (Phi) is 6.99. The van der Waals surface area contributed by atoms with E-state index in [1.807, 2.05) is 24.3 Å². The van der Waals surface area contributed by atoms with Crippen molar-refractivity contribution in [3.8, 4) is 11.5 Å². The van der Waals surface area contributed by atoms with E-state index in [1.54, 1.807) is 7.11 Å². The minimum absolute atomic E-state index is 0. The number of rotatable bonds is 5. The van der Waals surface area contributed by atoms with Crippen molar-refractivity contribution in [3.05, 3.63) is 24.3 Å². The van der Waals surface area contributed by atoms with E-state index in [2.05, 4.69) is 17.1 Å². The molecular formula is C14H23ClN2O2. The molecule has 1 aliphatic heterocycles. The molecular weight excluding hydrogens is 264 g/mol. The average Bonchev–Trinajstić information content (AvgIpc) is 2.41. The highest BCUT2D eigenvalue weighted by atomic mass is 35.5. The van der Waals surface area contributed by atoms with Crippen molar-refractivity contribution in [3.63, 3.8) is 0 Å². The third-order valence-electron chi connectivity index (χ3n) is 3.34. The summed E-state index contributed by atoms with van der Waals surface area (Å²) in [5.74, 6) is 1.62. The predicted octanol–water partition coefficient (Wildman–Crippen LogP) is 1.79. The molecule has 4 nitrogen and oxygen atoms in total. The van der Waals surface area contributed by atoms with Crippen LogP contribution in [-0.4, -0.2) is 50.8 Å². The lowest BCUT2D eigenvalue weighted by Gasteiger charge is -2.33. The van der Waals surface area contributed by atoms with Crippen LogP contribution in [0.1, 0.15) is 6.92 Å². The molecule has 0 bridgehead atoms. The number of nitrogens with zero attached hydrogens (tertiary/aromatic N) is 1. The molecule has 1 fully saturated rings. The molecule has 1 atom stereocenters. The van der Waals surface area contributed by atoms with Crippen LogP contribution in [0.2, 0.25) is 0 Å². The Balaban J connectivity index is 0.00000180. The van der Waals surface area contributed by atoms with Crippen molar-refractivity contribution in [2.75, 3.05) is 39.9 Å². The first-order valence-electron chi connectivity index (χ1n) is 6.52. The molecule has 1 saturated heterocycles. The highest BCUT2D eigenvalue weighted by Gasteiger charge is 2.17. The topological polar surface area (TPSA) is 33.7 Å². The first-order valence-corrected chi connectivity index (χ1v) is 6.52. The molecule has 108 valence electrons. The third kappa shape index (κ3) is 4.56. The lowest BCUT2D eigenvalue weighted by molar-refractivity contribution is 0.142. The molecule has 1 aromatic rings. The number of methoxy groups -OCH3 is 1. The van der Waals surface area contributed by atoms with E-state index in [-0.39, 0.29) is 12.4 Å². The predicted molar refractivity (Wildman–Crippen MR) is 79.6 cm³/mol. The van der Waals surface area contributed by atoms with Gasteiger partial charge in [0.1, 0.15) is 6.61 Å². The lowest BCUT2D eigenvalue weighted by atomic mass is 10.2. The maximum absolute atomic E-state index is 5.79. The van der Waals surface area contributed by atoms with Crippen molar-refractivity contribution >= 4 is 12.4 Å². The van der Waals surface area contributed by atoms with Crippen molar-refractivity contribution in [2.24, 2.45) is 0 Å². The maximum atomic E-state index is 5.79. The lowest BCUT2D eigenvalue weighted by Crippen LogP contribution is -2.50. The number of piperazine rings is 1. The van der Waals surface area contributed by atoms with Crippen molar-refractivity contribution in [1.82, 2.24) is 10.2 Å². The summed E-state index contributed by atoms with van der Waals surface area (Å²) < 4.78 is 11.1. The van der Waals surface area contributed by atoms with Gasteiger partial charge in [0.25, 0.3) is 0 Å². The molecule has 1 aromatic carbocycles. The van der Waals surface area contributed by atoms with E-state index in [0.717, 1.165) is 37.7 Å². The van der Waals surface area contributed by atoms with Crippen molar-refractivity contribution in [1.29, 1.82) is 0 Å². The summed E-state index contributed by atoms with van der Waals surface area (Å²) >= 11 is 0. The van der Waals surface area contributed by atoms with Gasteiger partial charge in [0.15, 0.2) is 11.5 Å². The normalized spacial score (nSPS) is 19.6. The molecule has 2 rings (SSSR count). The third-order valence-corrected chi connectivity index (χ3v) is 3.34. The van der Waals surface area contributed by atoms with Crippen LogP contribution in [0.3, 0.4) is 0 Å². The standard InChI is InChI=1S/C14H22N2O2.ClH/c1-12-11-15-7-8-16(12)9-10-18-14-6-4-3-5-13(14)17-2;/h3-6,12,15H,7-11H2,1-2H3;1H. The molecule has 5 heteroatoms. The van der Waals surface area contributed by atoms with Crippen molar-refractivity contribution in [2.45, 2.75) is 13.0 Å². The van der Waals surface area contributed by atoms with E-state index in [4.69, 9.17) is 9.47 Å². The number of benzene rings is 1. The van der Waals surface area contributed by atoms with Gasteiger partial charge in [-0.3, -0.25) is 4.90 Å². The highest BCUT2D eigenvalue weighted by Crippen LogP contribution is 2.25. The van der Waals surface area contributed by atoms with Crippen LogP contribution < -0.4 is 14.8 Å². The quantitative estimate of drug-likeness (QED) is 0.895. The van der Waals surface area contributed by atoms with Crippen LogP contribution in [0.4, 0.5) is 0 Å². The van der Waals surface area contributed by atoms with Gasteiger partial charge in [-0.05, 0) is 19.1 Å². The van der Waals surface area contributed by atoms with E-state index in [1.165, 1.54) is 0 Å². The second-order valence-electron chi connectivity index (χ2n) is 4.59. The Bertz CT molecular complexity index is 376. The van der Waals surface area contributed by atoms with Gasteiger partial charge in [-0.2, -0.15) is 0 Å². The Labute approximate surface area is 121 Å². The number of hydrogen-bond acceptors (Lipinski definition) is 4. The van der Waals surface area contributed by atoms with Gasteiger partial charge in [-0.25, -0.2) is 0 Å². The monoisotopic (exact) mass is 286 g/mol. The van der Waals surface area contributed by atoms with Gasteiger partial charge in [0, 0.05) is 32.2 Å². The molecule has 0 spiro atoms. The van der Waals surface area contributed by atoms with Gasteiger partial charge in [0.05, 0.1) is 7.11 Å². The fourth-order valence-electron chi connectivity index (χ4n) is 2.23. The molecule has 0 aromatic heterocycles. The van der Waals surface area contributed by atoms with Crippen LogP contribution in [0.5, 0.6) is 11.5 Å². The van der Waals surface area contributed by atoms with Crippen LogP contribution >= 0.6 is 12.4 Å². The van der Waals surface area contributed by atoms with Crippen LogP contribution in [0, 0.1) is 0 Å². The summed E-state index contributed by atoms with van der Waals surface area (Å²) in [5, 5.41) is 3.39. The first kappa shape index (κ1) is 16.1. The number of ether oxygens (including phenoxy) is 2. The molecule has 0 radical (unpaired) electrons. The van der Waals surface area contributed by atoms with Gasteiger partial charge >= 0.3 is 0 Å². The second kappa shape index (κ2) is 8.25. The maximum Gasteiger partial charge on any atom is 0.161 e. The highest BCUT2D eigenvalue weighted by molar-refractivity contribution is 5.85. The van der Waals surface area contributed by atoms with Crippen molar-refractivity contribution < 1.29 is 9.47 Å². The number of nitrogens with one attached hydrogen (secondary N) is 1. The molecule has 1 heterocycles. The van der Waals surface area contributed by atoms with Gasteiger partial charge in [0.2, 0.25) is 0 Å². The van der Waals surface area contributed by atoms with Gasteiger partial charge < -0.3 is 14.8 Å². The molecule has 1 unspecified atom stereocenters. The van der Waals surface area contributed by atoms with Crippen LogP contribution in [0.25, 0.3) is 0 Å². The molecule has 1 N–H and O–H groups in total. The zero-order valence-corrected chi connectivity index (χ0v) is 12.4.